The number of tetrazole rings is 1. The van der Waals surface area contributed by atoms with E-state index in [-0.39, 0.29) is 5.56 Å². The second-order valence-electron chi connectivity index (χ2n) is 9.31. The molecular weight excluding hydrogens is 504 g/mol. The Labute approximate surface area is 225 Å². The van der Waals surface area contributed by atoms with Crippen LogP contribution in [0.1, 0.15) is 39.9 Å². The predicted octanol–water partition coefficient (Wildman–Crippen LogP) is 4.82. The van der Waals surface area contributed by atoms with E-state index >= 15 is 0 Å². The highest BCUT2D eigenvalue weighted by Crippen LogP contribution is 2.32. The topological polar surface area (TPSA) is 102 Å². The third-order valence-electron chi connectivity index (χ3n) is 6.73. The van der Waals surface area contributed by atoms with Crippen molar-refractivity contribution in [1.29, 1.82) is 0 Å². The molecule has 0 saturated carbocycles. The van der Waals surface area contributed by atoms with Crippen molar-refractivity contribution in [3.63, 3.8) is 0 Å². The van der Waals surface area contributed by atoms with Crippen molar-refractivity contribution in [1.82, 2.24) is 30.1 Å². The molecule has 1 atom stereocenters. The molecule has 0 aliphatic carbocycles. The molecule has 0 aliphatic heterocycles. The van der Waals surface area contributed by atoms with Crippen LogP contribution in [0.3, 0.4) is 0 Å². The largest absolute Gasteiger partial charge is 0.468 e. The molecule has 3 aromatic heterocycles. The molecule has 0 spiro atoms. The second kappa shape index (κ2) is 11.3. The minimum absolute atomic E-state index is 0.212. The number of nitrogens with one attached hydrogen (secondary N) is 1. The molecule has 9 nitrogen and oxygen atoms in total. The van der Waals surface area contributed by atoms with Crippen LogP contribution < -0.4 is 5.56 Å². The Morgan fingerprint density at radius 1 is 1.11 bits per heavy atom. The number of halogens is 1. The van der Waals surface area contributed by atoms with E-state index < -0.39 is 6.04 Å². The first-order valence-electron chi connectivity index (χ1n) is 12.3. The number of rotatable bonds is 10. The molecule has 0 bridgehead atoms. The molecule has 5 aromatic rings. The van der Waals surface area contributed by atoms with Gasteiger partial charge in [-0.2, -0.15) is 0 Å². The lowest BCUT2D eigenvalue weighted by atomic mass is 10.00. The Morgan fingerprint density at radius 2 is 1.92 bits per heavy atom. The van der Waals surface area contributed by atoms with E-state index in [0.717, 1.165) is 33.4 Å². The predicted molar refractivity (Wildman–Crippen MR) is 145 cm³/mol. The van der Waals surface area contributed by atoms with E-state index in [1.807, 2.05) is 55.5 Å². The van der Waals surface area contributed by atoms with Gasteiger partial charge in [0, 0.05) is 29.8 Å². The number of hydrogen-bond acceptors (Lipinski definition) is 7. The van der Waals surface area contributed by atoms with Crippen LogP contribution in [0.5, 0.6) is 0 Å². The van der Waals surface area contributed by atoms with Crippen LogP contribution in [0.15, 0.2) is 70.1 Å². The van der Waals surface area contributed by atoms with Gasteiger partial charge in [-0.25, -0.2) is 4.68 Å². The van der Waals surface area contributed by atoms with Crippen LogP contribution in [0.2, 0.25) is 5.02 Å². The third kappa shape index (κ3) is 5.40. The number of fused-ring (bicyclic) bond motifs is 1. The molecule has 3 heterocycles. The zero-order valence-electron chi connectivity index (χ0n) is 21.5. The van der Waals surface area contributed by atoms with Crippen LogP contribution in [-0.4, -0.2) is 43.8 Å². The van der Waals surface area contributed by atoms with Gasteiger partial charge in [0.1, 0.15) is 11.8 Å². The summed E-state index contributed by atoms with van der Waals surface area (Å²) in [5, 5.41) is 14.1. The molecule has 1 N–H and O–H groups in total. The summed E-state index contributed by atoms with van der Waals surface area (Å²) in [7, 11) is 1.63. The van der Waals surface area contributed by atoms with Gasteiger partial charge in [-0.3, -0.25) is 9.69 Å². The van der Waals surface area contributed by atoms with Gasteiger partial charge < -0.3 is 14.1 Å². The van der Waals surface area contributed by atoms with Crippen molar-refractivity contribution in [2.75, 3.05) is 13.7 Å². The number of H-pyrrole nitrogens is 1. The molecular formula is C28H29ClN6O3. The molecule has 5 rings (SSSR count). The highest BCUT2D eigenvalue weighted by molar-refractivity contribution is 6.31. The lowest BCUT2D eigenvalue weighted by molar-refractivity contribution is 0.163. The highest BCUT2D eigenvalue weighted by atomic mass is 35.5. The van der Waals surface area contributed by atoms with Crippen molar-refractivity contribution in [3.05, 3.63) is 110 Å². The summed E-state index contributed by atoms with van der Waals surface area (Å²) in [5.41, 5.74) is 4.25. The summed E-state index contributed by atoms with van der Waals surface area (Å²) >= 11 is 6.59. The number of methoxy groups -OCH3 is 1. The lowest BCUT2D eigenvalue weighted by Gasteiger charge is -2.30. The Morgan fingerprint density at radius 3 is 2.68 bits per heavy atom. The molecule has 38 heavy (non-hydrogen) atoms. The van der Waals surface area contributed by atoms with Crippen LogP contribution >= 0.6 is 11.6 Å². The molecule has 196 valence electrons. The summed E-state index contributed by atoms with van der Waals surface area (Å²) in [4.78, 5) is 18.9. The zero-order chi connectivity index (χ0) is 26.6. The number of aryl methyl sites for hydroxylation is 2. The summed E-state index contributed by atoms with van der Waals surface area (Å²) in [6.07, 6.45) is 1.63. The Hall–Kier alpha value is -3.79. The number of aromatic amines is 1. The molecule has 10 heteroatoms. The number of hydrogen-bond donors (Lipinski definition) is 1. The SMILES string of the molecule is COCCn1nnnc1C(c1cc2cc(C)c(C)cc2[nH]c1=O)N(Cc1ccco1)Cc1ccccc1Cl. The first kappa shape index (κ1) is 25.8. The average Bonchev–Trinajstić information content (AvgIpc) is 3.58. The van der Waals surface area contributed by atoms with E-state index in [2.05, 4.69) is 38.4 Å². The molecule has 0 fully saturated rings. The summed E-state index contributed by atoms with van der Waals surface area (Å²) in [6, 6.07) is 16.8. The van der Waals surface area contributed by atoms with Gasteiger partial charge in [-0.15, -0.1) is 5.10 Å². The smallest absolute Gasteiger partial charge is 0.253 e. The van der Waals surface area contributed by atoms with Crippen LogP contribution in [0.4, 0.5) is 0 Å². The van der Waals surface area contributed by atoms with E-state index in [1.54, 1.807) is 18.1 Å². The summed E-state index contributed by atoms with van der Waals surface area (Å²) in [5.74, 6) is 1.26. The minimum atomic E-state index is -0.613. The number of pyridine rings is 1. The van der Waals surface area contributed by atoms with Gasteiger partial charge in [0.25, 0.3) is 5.56 Å². The Kier molecular flexibility index (Phi) is 7.69. The van der Waals surface area contributed by atoms with Gasteiger partial charge in [-0.1, -0.05) is 29.8 Å². The maximum Gasteiger partial charge on any atom is 0.253 e. The van der Waals surface area contributed by atoms with Gasteiger partial charge in [-0.05, 0) is 82.7 Å². The van der Waals surface area contributed by atoms with E-state index in [4.69, 9.17) is 20.8 Å². The molecule has 0 saturated heterocycles. The Bertz CT molecular complexity index is 1590. The van der Waals surface area contributed by atoms with Crippen molar-refractivity contribution < 1.29 is 9.15 Å². The molecule has 0 radical (unpaired) electrons. The van der Waals surface area contributed by atoms with E-state index in [0.29, 0.717) is 42.7 Å². The highest BCUT2D eigenvalue weighted by Gasteiger charge is 2.31. The van der Waals surface area contributed by atoms with Crippen LogP contribution in [0.25, 0.3) is 10.9 Å². The van der Waals surface area contributed by atoms with Gasteiger partial charge in [0.15, 0.2) is 5.82 Å². The molecule has 0 amide bonds. The summed E-state index contributed by atoms with van der Waals surface area (Å²) < 4.78 is 12.7. The number of aromatic nitrogens is 5. The van der Waals surface area contributed by atoms with Crippen molar-refractivity contribution in [2.45, 2.75) is 39.5 Å². The number of benzene rings is 2. The van der Waals surface area contributed by atoms with E-state index in [1.165, 1.54) is 0 Å². The van der Waals surface area contributed by atoms with Crippen LogP contribution in [0, 0.1) is 13.8 Å². The zero-order valence-corrected chi connectivity index (χ0v) is 22.3. The fourth-order valence-electron chi connectivity index (χ4n) is 4.63. The fraction of sp³-hybridized carbons (Fsp3) is 0.286. The first-order chi connectivity index (χ1) is 18.4. The van der Waals surface area contributed by atoms with E-state index in [9.17, 15) is 4.79 Å². The molecule has 2 aromatic carbocycles. The quantitative estimate of drug-likeness (QED) is 0.275. The minimum Gasteiger partial charge on any atom is -0.468 e. The monoisotopic (exact) mass is 532 g/mol. The summed E-state index contributed by atoms with van der Waals surface area (Å²) in [6.45, 7) is 5.75. The standard InChI is InChI=1S/C28H29ClN6O3/c1-18-13-21-15-23(28(36)30-25(21)14-19(18)2)26(27-31-32-33-35(27)10-12-37-3)34(17-22-8-6-11-38-22)16-20-7-4-5-9-24(20)29/h4-9,11,13-15,26H,10,12,16-17H2,1-3H3,(H,30,36). The maximum atomic E-state index is 13.7. The maximum absolute atomic E-state index is 13.7. The lowest BCUT2D eigenvalue weighted by Crippen LogP contribution is -2.35. The molecule has 0 aliphatic rings. The van der Waals surface area contributed by atoms with Crippen molar-refractivity contribution in [2.24, 2.45) is 0 Å². The first-order valence-corrected chi connectivity index (χ1v) is 12.7. The van der Waals surface area contributed by atoms with Gasteiger partial charge in [0.05, 0.1) is 26.0 Å². The van der Waals surface area contributed by atoms with Crippen LogP contribution in [-0.2, 0) is 24.4 Å². The van der Waals surface area contributed by atoms with Gasteiger partial charge >= 0.3 is 0 Å². The van der Waals surface area contributed by atoms with Crippen molar-refractivity contribution in [3.8, 4) is 0 Å². The normalized spacial score (nSPS) is 12.4. The number of ether oxygens (including phenoxy) is 1. The Balaban J connectivity index is 1.71. The second-order valence-corrected chi connectivity index (χ2v) is 9.72. The third-order valence-corrected chi connectivity index (χ3v) is 7.10. The van der Waals surface area contributed by atoms with Gasteiger partial charge in [0.2, 0.25) is 0 Å². The number of nitrogens with zero attached hydrogens (tertiary/aromatic N) is 5. The molecule has 1 unspecified atom stereocenters. The average molecular weight is 533 g/mol. The number of furan rings is 1. The fourth-order valence-corrected chi connectivity index (χ4v) is 4.82. The van der Waals surface area contributed by atoms with Crippen molar-refractivity contribution >= 4 is 22.5 Å².